The summed E-state index contributed by atoms with van der Waals surface area (Å²) in [7, 11) is -2.41. The van der Waals surface area contributed by atoms with Crippen molar-refractivity contribution in [1.29, 1.82) is 0 Å². The molecular formula is C11H8BrCl2N3O3S. The molecular weight excluding hydrogens is 405 g/mol. The van der Waals surface area contributed by atoms with Crippen LogP contribution in [0.15, 0.2) is 33.9 Å². The molecule has 1 aromatic carbocycles. The predicted octanol–water partition coefficient (Wildman–Crippen LogP) is 3.36. The highest BCUT2D eigenvalue weighted by Crippen LogP contribution is 2.31. The van der Waals surface area contributed by atoms with E-state index >= 15 is 0 Å². The molecule has 1 heterocycles. The quantitative estimate of drug-likeness (QED) is 0.778. The summed E-state index contributed by atoms with van der Waals surface area (Å²) >= 11 is 14.8. The van der Waals surface area contributed by atoms with E-state index in [1.807, 2.05) is 0 Å². The van der Waals surface area contributed by atoms with E-state index < -0.39 is 10.0 Å². The summed E-state index contributed by atoms with van der Waals surface area (Å²) in [4.78, 5) is 7.36. The zero-order chi connectivity index (χ0) is 15.6. The second-order valence-corrected chi connectivity index (χ2v) is 6.98. The van der Waals surface area contributed by atoms with Gasteiger partial charge in [0.15, 0.2) is 10.3 Å². The zero-order valence-corrected chi connectivity index (χ0v) is 14.4. The van der Waals surface area contributed by atoms with Gasteiger partial charge >= 0.3 is 0 Å². The Balaban J connectivity index is 2.41. The molecule has 1 N–H and O–H groups in total. The van der Waals surface area contributed by atoms with Crippen molar-refractivity contribution in [1.82, 2.24) is 9.97 Å². The van der Waals surface area contributed by atoms with Crippen LogP contribution in [0.1, 0.15) is 0 Å². The first kappa shape index (κ1) is 16.3. The Morgan fingerprint density at radius 1 is 1.24 bits per heavy atom. The van der Waals surface area contributed by atoms with E-state index in [0.29, 0.717) is 10.2 Å². The Morgan fingerprint density at radius 2 is 1.86 bits per heavy atom. The van der Waals surface area contributed by atoms with Crippen LogP contribution in [-0.4, -0.2) is 25.5 Å². The highest BCUT2D eigenvalue weighted by Gasteiger charge is 2.20. The van der Waals surface area contributed by atoms with Gasteiger partial charge in [-0.1, -0.05) is 23.2 Å². The lowest BCUT2D eigenvalue weighted by Crippen LogP contribution is -2.14. The first-order chi connectivity index (χ1) is 9.85. The molecule has 0 radical (unpaired) electrons. The van der Waals surface area contributed by atoms with Crippen LogP contribution in [0.25, 0.3) is 0 Å². The fraction of sp³-hybridized carbons (Fsp3) is 0.0909. The van der Waals surface area contributed by atoms with E-state index in [4.69, 9.17) is 27.9 Å². The van der Waals surface area contributed by atoms with E-state index in [1.54, 1.807) is 0 Å². The molecule has 6 nitrogen and oxygen atoms in total. The van der Waals surface area contributed by atoms with Crippen molar-refractivity contribution in [2.75, 3.05) is 11.8 Å². The minimum Gasteiger partial charge on any atom is -0.496 e. The van der Waals surface area contributed by atoms with E-state index in [2.05, 4.69) is 30.6 Å². The van der Waals surface area contributed by atoms with Gasteiger partial charge in [0.2, 0.25) is 0 Å². The van der Waals surface area contributed by atoms with Gasteiger partial charge in [0, 0.05) is 0 Å². The molecule has 0 spiro atoms. The average molecular weight is 413 g/mol. The van der Waals surface area contributed by atoms with Crippen LogP contribution in [-0.2, 0) is 10.0 Å². The van der Waals surface area contributed by atoms with Crippen LogP contribution in [0, 0.1) is 0 Å². The number of ether oxygens (including phenoxy) is 1. The monoisotopic (exact) mass is 411 g/mol. The van der Waals surface area contributed by atoms with Crippen molar-refractivity contribution in [2.45, 2.75) is 4.90 Å². The molecule has 0 saturated carbocycles. The van der Waals surface area contributed by atoms with Crippen molar-refractivity contribution >= 4 is 54.8 Å². The van der Waals surface area contributed by atoms with Gasteiger partial charge in [-0.2, -0.15) is 0 Å². The van der Waals surface area contributed by atoms with Crippen molar-refractivity contribution in [3.63, 3.8) is 0 Å². The van der Waals surface area contributed by atoms with Crippen LogP contribution >= 0.6 is 39.1 Å². The molecule has 21 heavy (non-hydrogen) atoms. The Morgan fingerprint density at radius 3 is 2.38 bits per heavy atom. The number of halogens is 3. The third kappa shape index (κ3) is 3.57. The summed E-state index contributed by atoms with van der Waals surface area (Å²) < 4.78 is 32.4. The predicted molar refractivity (Wildman–Crippen MR) is 83.6 cm³/mol. The molecule has 0 amide bonds. The lowest BCUT2D eigenvalue weighted by atomic mass is 10.3. The standard InChI is InChI=1S/C11H8BrCl2N3O3S/c1-20-8-3-2-6(4-7(8)12)21(18,19)17-9-10(13)15-5-16-11(9)14/h2-5,17H,1H3. The molecule has 0 saturated heterocycles. The van der Waals surface area contributed by atoms with Crippen molar-refractivity contribution in [3.05, 3.63) is 39.3 Å². The molecule has 2 aromatic rings. The van der Waals surface area contributed by atoms with Crippen molar-refractivity contribution in [3.8, 4) is 5.75 Å². The third-order valence-corrected chi connectivity index (χ3v) is 4.96. The molecule has 0 bridgehead atoms. The maximum atomic E-state index is 12.3. The smallest absolute Gasteiger partial charge is 0.262 e. The molecule has 0 unspecified atom stereocenters. The first-order valence-corrected chi connectivity index (χ1v) is 8.40. The number of benzene rings is 1. The van der Waals surface area contributed by atoms with E-state index in [-0.39, 0.29) is 20.9 Å². The molecule has 2 rings (SSSR count). The first-order valence-electron chi connectivity index (χ1n) is 5.37. The molecule has 112 valence electrons. The summed E-state index contributed by atoms with van der Waals surface area (Å²) in [6, 6.07) is 4.30. The lowest BCUT2D eigenvalue weighted by Gasteiger charge is -2.11. The zero-order valence-electron chi connectivity index (χ0n) is 10.5. The van der Waals surface area contributed by atoms with Crippen molar-refractivity contribution < 1.29 is 13.2 Å². The molecule has 0 aliphatic heterocycles. The summed E-state index contributed by atoms with van der Waals surface area (Å²) in [5.41, 5.74) is -0.0761. The second kappa shape index (κ2) is 6.35. The summed E-state index contributed by atoms with van der Waals surface area (Å²) in [5, 5.41) is -0.183. The Labute approximate surface area is 139 Å². The van der Waals surface area contributed by atoms with Crippen molar-refractivity contribution in [2.24, 2.45) is 0 Å². The Bertz CT molecular complexity index is 766. The molecule has 10 heteroatoms. The number of nitrogens with one attached hydrogen (secondary N) is 1. The summed E-state index contributed by atoms with van der Waals surface area (Å²) in [6.45, 7) is 0. The van der Waals surface area contributed by atoms with Crippen LogP contribution in [0.4, 0.5) is 5.69 Å². The lowest BCUT2D eigenvalue weighted by molar-refractivity contribution is 0.411. The van der Waals surface area contributed by atoms with Gasteiger partial charge in [-0.05, 0) is 34.1 Å². The summed E-state index contributed by atoms with van der Waals surface area (Å²) in [6.07, 6.45) is 1.13. The molecule has 0 atom stereocenters. The van der Waals surface area contributed by atoms with Crippen LogP contribution in [0.3, 0.4) is 0 Å². The molecule has 0 aliphatic rings. The number of hydrogen-bond donors (Lipinski definition) is 1. The van der Waals surface area contributed by atoms with Gasteiger partial charge in [0.25, 0.3) is 10.0 Å². The van der Waals surface area contributed by atoms with E-state index in [9.17, 15) is 8.42 Å². The fourth-order valence-electron chi connectivity index (χ4n) is 1.44. The largest absolute Gasteiger partial charge is 0.496 e. The van der Waals surface area contributed by atoms with Gasteiger partial charge in [-0.3, -0.25) is 4.72 Å². The van der Waals surface area contributed by atoms with E-state index in [0.717, 1.165) is 6.33 Å². The number of aromatic nitrogens is 2. The second-order valence-electron chi connectivity index (χ2n) is 3.73. The highest BCUT2D eigenvalue weighted by molar-refractivity contribution is 9.10. The minimum absolute atomic E-state index is 0.00570. The van der Waals surface area contributed by atoms with Crippen LogP contribution < -0.4 is 9.46 Å². The Hall–Kier alpha value is -1.09. The average Bonchev–Trinajstić information content (AvgIpc) is 2.43. The summed E-state index contributed by atoms with van der Waals surface area (Å²) in [5.74, 6) is 0.507. The van der Waals surface area contributed by atoms with Gasteiger partial charge in [0.1, 0.15) is 17.8 Å². The van der Waals surface area contributed by atoms with Crippen LogP contribution in [0.5, 0.6) is 5.75 Å². The molecule has 0 aliphatic carbocycles. The van der Waals surface area contributed by atoms with Gasteiger partial charge < -0.3 is 4.74 Å². The van der Waals surface area contributed by atoms with Crippen LogP contribution in [0.2, 0.25) is 10.3 Å². The SMILES string of the molecule is COc1ccc(S(=O)(=O)Nc2c(Cl)ncnc2Cl)cc1Br. The number of methoxy groups -OCH3 is 1. The fourth-order valence-corrected chi connectivity index (χ4v) is 3.75. The molecule has 0 fully saturated rings. The number of sulfonamides is 1. The minimum atomic E-state index is -3.89. The third-order valence-electron chi connectivity index (χ3n) is 2.42. The van der Waals surface area contributed by atoms with Gasteiger partial charge in [-0.25, -0.2) is 18.4 Å². The maximum absolute atomic E-state index is 12.3. The number of hydrogen-bond acceptors (Lipinski definition) is 5. The van der Waals surface area contributed by atoms with Gasteiger partial charge in [0.05, 0.1) is 16.5 Å². The number of rotatable bonds is 4. The highest BCUT2D eigenvalue weighted by atomic mass is 79.9. The normalized spacial score (nSPS) is 11.2. The number of nitrogens with zero attached hydrogens (tertiary/aromatic N) is 2. The topological polar surface area (TPSA) is 81.2 Å². The maximum Gasteiger partial charge on any atom is 0.262 e. The Kier molecular flexibility index (Phi) is 4.92. The number of anilines is 1. The van der Waals surface area contributed by atoms with Gasteiger partial charge in [-0.15, -0.1) is 0 Å². The van der Waals surface area contributed by atoms with E-state index in [1.165, 1.54) is 25.3 Å². The molecule has 1 aromatic heterocycles.